The lowest BCUT2D eigenvalue weighted by atomic mass is 9.89. The number of aliphatic hydroxyl groups excluding tert-OH is 1. The number of carbonyl (C=O) groups is 2. The van der Waals surface area contributed by atoms with E-state index in [2.05, 4.69) is 4.74 Å². The molecule has 1 rings (SSSR count). The molecule has 1 fully saturated rings. The first-order chi connectivity index (χ1) is 10.1. The number of aliphatic hydroxyl groups is 1. The Morgan fingerprint density at radius 2 is 1.86 bits per heavy atom. The predicted molar refractivity (Wildman–Crippen MR) is 78.6 cm³/mol. The zero-order valence-electron chi connectivity index (χ0n) is 13.2. The standard InChI is InChI=1S/C16H28O5/c1-12(18)21-15-10-9-13(11-17)14(15)7-5-3-4-6-8-16(19)20-2/h13-15,17H,3-11H2,1-2H3/t13-,14?,15+/m1/s1. The number of carbonyl (C=O) groups excluding carboxylic acids is 2. The van der Waals surface area contributed by atoms with Crippen LogP contribution in [0.25, 0.3) is 0 Å². The number of esters is 2. The predicted octanol–water partition coefficient (Wildman–Crippen LogP) is 2.45. The zero-order chi connectivity index (χ0) is 15.7. The molecule has 21 heavy (non-hydrogen) atoms. The normalized spacial score (nSPS) is 24.8. The van der Waals surface area contributed by atoms with E-state index in [1.54, 1.807) is 0 Å². The summed E-state index contributed by atoms with van der Waals surface area (Å²) < 4.78 is 9.97. The number of ether oxygens (including phenoxy) is 2. The van der Waals surface area contributed by atoms with Crippen LogP contribution < -0.4 is 0 Å². The molecule has 1 N–H and O–H groups in total. The Kier molecular flexibility index (Phi) is 8.35. The van der Waals surface area contributed by atoms with Crippen LogP contribution >= 0.6 is 0 Å². The van der Waals surface area contributed by atoms with Crippen molar-refractivity contribution in [3.8, 4) is 0 Å². The van der Waals surface area contributed by atoms with E-state index in [1.807, 2.05) is 0 Å². The van der Waals surface area contributed by atoms with Gasteiger partial charge < -0.3 is 14.6 Å². The number of unbranched alkanes of at least 4 members (excludes halogenated alkanes) is 3. The lowest BCUT2D eigenvalue weighted by molar-refractivity contribution is -0.148. The molecule has 0 radical (unpaired) electrons. The van der Waals surface area contributed by atoms with E-state index < -0.39 is 0 Å². The summed E-state index contributed by atoms with van der Waals surface area (Å²) in [6.45, 7) is 1.61. The molecule has 1 saturated carbocycles. The van der Waals surface area contributed by atoms with Crippen molar-refractivity contribution in [2.45, 2.75) is 64.4 Å². The Morgan fingerprint density at radius 1 is 1.14 bits per heavy atom. The van der Waals surface area contributed by atoms with Gasteiger partial charge in [-0.2, -0.15) is 0 Å². The fourth-order valence-corrected chi connectivity index (χ4v) is 3.22. The Hall–Kier alpha value is -1.10. The highest BCUT2D eigenvalue weighted by atomic mass is 16.5. The van der Waals surface area contributed by atoms with E-state index in [4.69, 9.17) is 4.74 Å². The summed E-state index contributed by atoms with van der Waals surface area (Å²) in [6.07, 6.45) is 7.17. The summed E-state index contributed by atoms with van der Waals surface area (Å²) in [5.74, 6) is 0.145. The maximum atomic E-state index is 11.1. The van der Waals surface area contributed by atoms with Crippen LogP contribution in [0.3, 0.4) is 0 Å². The minimum absolute atomic E-state index is 0.0327. The lowest BCUT2D eigenvalue weighted by Crippen LogP contribution is -2.25. The minimum atomic E-state index is -0.235. The molecule has 5 heteroatoms. The number of hydrogen-bond donors (Lipinski definition) is 1. The van der Waals surface area contributed by atoms with Crippen molar-refractivity contribution >= 4 is 11.9 Å². The number of hydrogen-bond acceptors (Lipinski definition) is 5. The molecule has 1 unspecified atom stereocenters. The molecule has 0 aliphatic heterocycles. The van der Waals surface area contributed by atoms with Gasteiger partial charge in [0, 0.05) is 25.9 Å². The summed E-state index contributed by atoms with van der Waals surface area (Å²) >= 11 is 0. The third-order valence-electron chi connectivity index (χ3n) is 4.35. The maximum Gasteiger partial charge on any atom is 0.305 e. The second-order valence-electron chi connectivity index (χ2n) is 5.86. The van der Waals surface area contributed by atoms with Gasteiger partial charge >= 0.3 is 11.9 Å². The highest BCUT2D eigenvalue weighted by molar-refractivity contribution is 5.69. The fourth-order valence-electron chi connectivity index (χ4n) is 3.22. The highest BCUT2D eigenvalue weighted by Gasteiger charge is 2.37. The van der Waals surface area contributed by atoms with Gasteiger partial charge in [-0.05, 0) is 31.6 Å². The zero-order valence-corrected chi connectivity index (χ0v) is 13.2. The van der Waals surface area contributed by atoms with Gasteiger partial charge in [0.1, 0.15) is 6.10 Å². The van der Waals surface area contributed by atoms with E-state index in [0.29, 0.717) is 6.42 Å². The van der Waals surface area contributed by atoms with E-state index in [0.717, 1.165) is 44.9 Å². The third-order valence-corrected chi connectivity index (χ3v) is 4.35. The van der Waals surface area contributed by atoms with Gasteiger partial charge in [0.15, 0.2) is 0 Å². The van der Waals surface area contributed by atoms with Crippen LogP contribution in [0, 0.1) is 11.8 Å². The van der Waals surface area contributed by atoms with Gasteiger partial charge in [-0.15, -0.1) is 0 Å². The van der Waals surface area contributed by atoms with Crippen molar-refractivity contribution in [3.05, 3.63) is 0 Å². The molecule has 0 aromatic heterocycles. The molecule has 0 aromatic rings. The molecule has 1 aliphatic carbocycles. The highest BCUT2D eigenvalue weighted by Crippen LogP contribution is 2.37. The lowest BCUT2D eigenvalue weighted by Gasteiger charge is -2.23. The quantitative estimate of drug-likeness (QED) is 0.523. The van der Waals surface area contributed by atoms with Crippen molar-refractivity contribution in [1.29, 1.82) is 0 Å². The van der Waals surface area contributed by atoms with Crippen molar-refractivity contribution in [1.82, 2.24) is 0 Å². The smallest absolute Gasteiger partial charge is 0.305 e. The van der Waals surface area contributed by atoms with Crippen LogP contribution in [0.15, 0.2) is 0 Å². The van der Waals surface area contributed by atoms with Gasteiger partial charge in [-0.3, -0.25) is 9.59 Å². The average Bonchev–Trinajstić information content (AvgIpc) is 2.83. The number of methoxy groups -OCH3 is 1. The van der Waals surface area contributed by atoms with Crippen molar-refractivity contribution < 1.29 is 24.2 Å². The Labute approximate surface area is 127 Å². The van der Waals surface area contributed by atoms with Crippen LogP contribution in [-0.4, -0.2) is 36.9 Å². The second kappa shape index (κ2) is 9.77. The molecule has 0 spiro atoms. The van der Waals surface area contributed by atoms with Crippen LogP contribution in [0.4, 0.5) is 0 Å². The van der Waals surface area contributed by atoms with E-state index >= 15 is 0 Å². The Bertz CT molecular complexity index is 329. The van der Waals surface area contributed by atoms with E-state index in [-0.39, 0.29) is 36.5 Å². The summed E-state index contributed by atoms with van der Waals surface area (Å²) in [4.78, 5) is 22.1. The molecule has 0 heterocycles. The largest absolute Gasteiger partial charge is 0.469 e. The van der Waals surface area contributed by atoms with E-state index in [1.165, 1.54) is 14.0 Å². The molecule has 0 saturated heterocycles. The number of rotatable bonds is 9. The molecule has 0 aromatic carbocycles. The average molecular weight is 300 g/mol. The monoisotopic (exact) mass is 300 g/mol. The van der Waals surface area contributed by atoms with Crippen LogP contribution in [-0.2, 0) is 19.1 Å². The topological polar surface area (TPSA) is 72.8 Å². The molecular formula is C16H28O5. The fraction of sp³-hybridized carbons (Fsp3) is 0.875. The summed E-state index contributed by atoms with van der Waals surface area (Å²) in [7, 11) is 1.41. The van der Waals surface area contributed by atoms with Gasteiger partial charge in [-0.1, -0.05) is 19.3 Å². The van der Waals surface area contributed by atoms with Gasteiger partial charge in [-0.25, -0.2) is 0 Å². The molecule has 0 amide bonds. The van der Waals surface area contributed by atoms with Crippen LogP contribution in [0.1, 0.15) is 58.3 Å². The molecule has 122 valence electrons. The van der Waals surface area contributed by atoms with Crippen molar-refractivity contribution in [2.75, 3.05) is 13.7 Å². The SMILES string of the molecule is COC(=O)CCCCCCC1[C@@H](CO)CC[C@@H]1OC(C)=O. The summed E-state index contributed by atoms with van der Waals surface area (Å²) in [5.41, 5.74) is 0. The molecule has 1 aliphatic rings. The van der Waals surface area contributed by atoms with Crippen molar-refractivity contribution in [2.24, 2.45) is 11.8 Å². The molecule has 3 atom stereocenters. The Balaban J connectivity index is 2.23. The molecule has 5 nitrogen and oxygen atoms in total. The van der Waals surface area contributed by atoms with Crippen LogP contribution in [0.2, 0.25) is 0 Å². The second-order valence-corrected chi connectivity index (χ2v) is 5.86. The molecule has 0 bridgehead atoms. The molecular weight excluding hydrogens is 272 g/mol. The first-order valence-electron chi connectivity index (χ1n) is 7.93. The summed E-state index contributed by atoms with van der Waals surface area (Å²) in [6, 6.07) is 0. The van der Waals surface area contributed by atoms with Crippen molar-refractivity contribution in [3.63, 3.8) is 0 Å². The Morgan fingerprint density at radius 3 is 2.48 bits per heavy atom. The first kappa shape index (κ1) is 18.0. The first-order valence-corrected chi connectivity index (χ1v) is 7.93. The van der Waals surface area contributed by atoms with Gasteiger partial charge in [0.05, 0.1) is 7.11 Å². The summed E-state index contributed by atoms with van der Waals surface area (Å²) in [5, 5.41) is 9.43. The van der Waals surface area contributed by atoms with E-state index in [9.17, 15) is 14.7 Å². The van der Waals surface area contributed by atoms with Gasteiger partial charge in [0.2, 0.25) is 0 Å². The third kappa shape index (κ3) is 6.46. The maximum absolute atomic E-state index is 11.1. The van der Waals surface area contributed by atoms with Gasteiger partial charge in [0.25, 0.3) is 0 Å². The van der Waals surface area contributed by atoms with Crippen LogP contribution in [0.5, 0.6) is 0 Å². The minimum Gasteiger partial charge on any atom is -0.469 e.